The number of amides is 2. The summed E-state index contributed by atoms with van der Waals surface area (Å²) in [4.78, 5) is 26.1. The Hall–Kier alpha value is -1.79. The predicted molar refractivity (Wildman–Crippen MR) is 100 cm³/mol. The minimum absolute atomic E-state index is 0. The van der Waals surface area contributed by atoms with Gasteiger partial charge in [0.15, 0.2) is 6.61 Å². The summed E-state index contributed by atoms with van der Waals surface area (Å²) in [5.41, 5.74) is 0. The summed E-state index contributed by atoms with van der Waals surface area (Å²) in [6.45, 7) is 3.90. The number of carbonyl (C=O) groups excluding carboxylic acids is 2. The number of rotatable bonds is 7. The van der Waals surface area contributed by atoms with Crippen LogP contribution < -0.4 is 15.4 Å². The highest BCUT2D eigenvalue weighted by atomic mass is 35.5. The highest BCUT2D eigenvalue weighted by Gasteiger charge is 2.27. The molecule has 0 aliphatic carbocycles. The molecule has 1 saturated heterocycles. The second-order valence-corrected chi connectivity index (χ2v) is 6.19. The van der Waals surface area contributed by atoms with E-state index in [0.717, 1.165) is 0 Å². The van der Waals surface area contributed by atoms with Gasteiger partial charge in [0.25, 0.3) is 5.91 Å². The maximum Gasteiger partial charge on any atom is 0.260 e. The second-order valence-electron chi connectivity index (χ2n) is 6.19. The van der Waals surface area contributed by atoms with E-state index in [1.807, 2.05) is 44.3 Å². The predicted octanol–water partition coefficient (Wildman–Crippen LogP) is 1.45. The molecule has 140 valence electrons. The number of benzene rings is 1. The number of hydrogen-bond acceptors (Lipinski definition) is 4. The van der Waals surface area contributed by atoms with Crippen molar-refractivity contribution in [3.63, 3.8) is 0 Å². The van der Waals surface area contributed by atoms with Crippen LogP contribution in [0.25, 0.3) is 0 Å². The van der Waals surface area contributed by atoms with Crippen LogP contribution in [-0.4, -0.2) is 56.0 Å². The number of piperidine rings is 1. The largest absolute Gasteiger partial charge is 0.484 e. The first-order valence-corrected chi connectivity index (χ1v) is 8.50. The monoisotopic (exact) mass is 369 g/mol. The summed E-state index contributed by atoms with van der Waals surface area (Å²) < 4.78 is 5.50. The van der Waals surface area contributed by atoms with E-state index in [4.69, 9.17) is 4.74 Å². The van der Waals surface area contributed by atoms with Gasteiger partial charge >= 0.3 is 0 Å². The molecule has 0 radical (unpaired) electrons. The lowest BCUT2D eigenvalue weighted by Gasteiger charge is -2.31. The van der Waals surface area contributed by atoms with Crippen molar-refractivity contribution in [3.8, 4) is 5.75 Å². The summed E-state index contributed by atoms with van der Waals surface area (Å²) in [5.74, 6) is 0.748. The number of ether oxygens (including phenoxy) is 1. The molecular formula is C18H28ClN3O3. The fourth-order valence-corrected chi connectivity index (χ4v) is 2.64. The molecular weight excluding hydrogens is 342 g/mol. The molecule has 1 aromatic carbocycles. The minimum Gasteiger partial charge on any atom is -0.484 e. The number of nitrogens with one attached hydrogen (secondary N) is 2. The van der Waals surface area contributed by atoms with Crippen LogP contribution in [0.5, 0.6) is 5.75 Å². The van der Waals surface area contributed by atoms with Gasteiger partial charge in [-0.05, 0) is 38.9 Å². The number of carbonyl (C=O) groups is 2. The van der Waals surface area contributed by atoms with Crippen molar-refractivity contribution in [1.82, 2.24) is 15.5 Å². The van der Waals surface area contributed by atoms with Gasteiger partial charge in [0, 0.05) is 31.6 Å². The van der Waals surface area contributed by atoms with Crippen molar-refractivity contribution >= 4 is 24.2 Å². The highest BCUT2D eigenvalue weighted by Crippen LogP contribution is 2.18. The molecule has 0 bridgehead atoms. The quantitative estimate of drug-likeness (QED) is 0.763. The van der Waals surface area contributed by atoms with Crippen molar-refractivity contribution in [2.75, 3.05) is 33.3 Å². The molecule has 0 saturated carbocycles. The van der Waals surface area contributed by atoms with E-state index in [1.54, 1.807) is 4.90 Å². The Bertz CT molecular complexity index is 534. The van der Waals surface area contributed by atoms with Gasteiger partial charge < -0.3 is 20.3 Å². The van der Waals surface area contributed by atoms with Crippen molar-refractivity contribution in [2.45, 2.75) is 25.8 Å². The van der Waals surface area contributed by atoms with Gasteiger partial charge in [0.2, 0.25) is 5.91 Å². The van der Waals surface area contributed by atoms with Gasteiger partial charge in [0.1, 0.15) is 5.75 Å². The summed E-state index contributed by atoms with van der Waals surface area (Å²) in [6.07, 6.45) is 1.41. The van der Waals surface area contributed by atoms with E-state index in [9.17, 15) is 9.59 Å². The Morgan fingerprint density at radius 1 is 1.24 bits per heavy atom. The Morgan fingerprint density at radius 3 is 2.48 bits per heavy atom. The Kier molecular flexibility index (Phi) is 9.31. The maximum atomic E-state index is 12.2. The molecule has 1 heterocycles. The smallest absolute Gasteiger partial charge is 0.260 e. The van der Waals surface area contributed by atoms with Gasteiger partial charge in [-0.1, -0.05) is 18.2 Å². The number of nitrogens with zero attached hydrogens (tertiary/aromatic N) is 1. The van der Waals surface area contributed by atoms with Crippen LogP contribution in [-0.2, 0) is 9.59 Å². The molecule has 7 heteroatoms. The molecule has 1 atom stereocenters. The summed E-state index contributed by atoms with van der Waals surface area (Å²) in [5, 5.41) is 6.06. The van der Waals surface area contributed by atoms with Crippen molar-refractivity contribution < 1.29 is 14.3 Å². The van der Waals surface area contributed by atoms with E-state index in [1.165, 1.54) is 0 Å². The zero-order valence-corrected chi connectivity index (χ0v) is 15.7. The molecule has 2 rings (SSSR count). The third-order valence-electron chi connectivity index (χ3n) is 4.40. The van der Waals surface area contributed by atoms with Gasteiger partial charge in [-0.2, -0.15) is 0 Å². The SMILES string of the molecule is CNC(C)CNC(=O)C1CCN(C(=O)COc2ccccc2)CC1.Cl. The topological polar surface area (TPSA) is 70.7 Å². The van der Waals surface area contributed by atoms with Crippen LogP contribution in [0.4, 0.5) is 0 Å². The van der Waals surface area contributed by atoms with E-state index >= 15 is 0 Å². The third-order valence-corrected chi connectivity index (χ3v) is 4.40. The molecule has 2 N–H and O–H groups in total. The first-order valence-electron chi connectivity index (χ1n) is 8.50. The third kappa shape index (κ3) is 6.92. The molecule has 0 aromatic heterocycles. The van der Waals surface area contributed by atoms with Crippen molar-refractivity contribution in [3.05, 3.63) is 30.3 Å². The van der Waals surface area contributed by atoms with Crippen LogP contribution in [0.3, 0.4) is 0 Å². The fraction of sp³-hybridized carbons (Fsp3) is 0.556. The van der Waals surface area contributed by atoms with Crippen LogP contribution in [0, 0.1) is 5.92 Å². The van der Waals surface area contributed by atoms with Crippen LogP contribution in [0.15, 0.2) is 30.3 Å². The number of para-hydroxylation sites is 1. The van der Waals surface area contributed by atoms with E-state index in [-0.39, 0.29) is 42.8 Å². The number of likely N-dealkylation sites (tertiary alicyclic amines) is 1. The van der Waals surface area contributed by atoms with Gasteiger partial charge in [0.05, 0.1) is 0 Å². The molecule has 0 spiro atoms. The number of halogens is 1. The Balaban J connectivity index is 0.00000312. The lowest BCUT2D eigenvalue weighted by atomic mass is 9.96. The molecule has 25 heavy (non-hydrogen) atoms. The number of hydrogen-bond donors (Lipinski definition) is 2. The molecule has 1 aromatic rings. The average Bonchev–Trinajstić information content (AvgIpc) is 2.64. The van der Waals surface area contributed by atoms with Gasteiger partial charge in [-0.15, -0.1) is 12.4 Å². The lowest BCUT2D eigenvalue weighted by Crippen LogP contribution is -2.46. The maximum absolute atomic E-state index is 12.2. The molecule has 1 aliphatic heterocycles. The molecule has 1 aliphatic rings. The molecule has 2 amide bonds. The molecule has 1 unspecified atom stereocenters. The zero-order chi connectivity index (χ0) is 17.4. The van der Waals surface area contributed by atoms with Crippen LogP contribution in [0.1, 0.15) is 19.8 Å². The minimum atomic E-state index is -0.0264. The zero-order valence-electron chi connectivity index (χ0n) is 14.9. The molecule has 1 fully saturated rings. The summed E-state index contributed by atoms with van der Waals surface area (Å²) >= 11 is 0. The first kappa shape index (κ1) is 21.3. The Labute approximate surface area is 155 Å². The summed E-state index contributed by atoms with van der Waals surface area (Å²) in [6, 6.07) is 9.57. The van der Waals surface area contributed by atoms with Crippen molar-refractivity contribution in [1.29, 1.82) is 0 Å². The average molecular weight is 370 g/mol. The van der Waals surface area contributed by atoms with E-state index in [2.05, 4.69) is 10.6 Å². The first-order chi connectivity index (χ1) is 11.6. The van der Waals surface area contributed by atoms with Crippen molar-refractivity contribution in [2.24, 2.45) is 5.92 Å². The standard InChI is InChI=1S/C18H27N3O3.ClH/c1-14(19-2)12-20-18(23)15-8-10-21(11-9-15)17(22)13-24-16-6-4-3-5-7-16;/h3-7,14-15,19H,8-13H2,1-2H3,(H,20,23);1H. The van der Waals surface area contributed by atoms with E-state index < -0.39 is 0 Å². The highest BCUT2D eigenvalue weighted by molar-refractivity contribution is 5.85. The van der Waals surface area contributed by atoms with Crippen LogP contribution in [0.2, 0.25) is 0 Å². The normalized spacial score (nSPS) is 15.8. The van der Waals surface area contributed by atoms with E-state index in [0.29, 0.717) is 38.2 Å². The fourth-order valence-electron chi connectivity index (χ4n) is 2.64. The lowest BCUT2D eigenvalue weighted by molar-refractivity contribution is -0.137. The van der Waals surface area contributed by atoms with Gasteiger partial charge in [-0.3, -0.25) is 9.59 Å². The number of likely N-dealkylation sites (N-methyl/N-ethyl adjacent to an activating group) is 1. The molecule has 6 nitrogen and oxygen atoms in total. The summed E-state index contributed by atoms with van der Waals surface area (Å²) in [7, 11) is 1.87. The van der Waals surface area contributed by atoms with Crippen LogP contribution >= 0.6 is 12.4 Å². The van der Waals surface area contributed by atoms with Gasteiger partial charge in [-0.25, -0.2) is 0 Å². The Morgan fingerprint density at radius 2 is 1.88 bits per heavy atom. The second kappa shape index (κ2) is 10.9.